The summed E-state index contributed by atoms with van der Waals surface area (Å²) in [5.74, 6) is 1.13. The summed E-state index contributed by atoms with van der Waals surface area (Å²) in [5, 5.41) is 22.3. The normalized spacial score (nSPS) is 16.8. The fraction of sp³-hybridized carbons (Fsp3) is 0.273. The molecule has 0 spiro atoms. The minimum Gasteiger partial charge on any atom is -0.508 e. The lowest BCUT2D eigenvalue weighted by atomic mass is 9.95. The molecule has 0 radical (unpaired) electrons. The Morgan fingerprint density at radius 2 is 1.90 bits per heavy atom. The third-order valence-corrected chi connectivity index (χ3v) is 7.07. The Morgan fingerprint density at radius 1 is 1.17 bits per heavy atom. The highest BCUT2D eigenvalue weighted by atomic mass is 32.2. The smallest absolute Gasteiger partial charge is 0.240 e. The first-order valence-electron chi connectivity index (χ1n) is 9.37. The van der Waals surface area contributed by atoms with E-state index in [1.165, 1.54) is 11.3 Å². The van der Waals surface area contributed by atoms with Crippen molar-refractivity contribution in [2.45, 2.75) is 32.1 Å². The number of thioether (sulfide) groups is 1. The Balaban J connectivity index is 1.70. The maximum absolute atomic E-state index is 12.6. The summed E-state index contributed by atoms with van der Waals surface area (Å²) in [6.45, 7) is 6.04. The molecule has 1 saturated heterocycles. The lowest BCUT2D eigenvalue weighted by Gasteiger charge is -2.21. The van der Waals surface area contributed by atoms with E-state index in [4.69, 9.17) is 4.98 Å². The molecule has 29 heavy (non-hydrogen) atoms. The van der Waals surface area contributed by atoms with Crippen LogP contribution in [0.5, 0.6) is 11.5 Å². The number of nitrogens with zero attached hydrogens (tertiary/aromatic N) is 2. The van der Waals surface area contributed by atoms with E-state index in [9.17, 15) is 15.0 Å². The van der Waals surface area contributed by atoms with Crippen LogP contribution >= 0.6 is 23.1 Å². The minimum absolute atomic E-state index is 0.0271. The number of hydrogen-bond donors (Lipinski definition) is 2. The highest BCUT2D eigenvalue weighted by Crippen LogP contribution is 2.44. The standard InChI is InChI=1S/C22H22N2O3S2/c1-12(2)16-9-17(13(3)8-19(16)26)18-10-29-22(23-18)24-20(27)11-28-21(24)14-4-6-15(25)7-5-14/h4-10,12,21,25-26H,11H2,1-3H3. The number of hydrogen-bond acceptors (Lipinski definition) is 6. The molecular formula is C22H22N2O3S2. The maximum atomic E-state index is 12.6. The summed E-state index contributed by atoms with van der Waals surface area (Å²) in [6, 6.07) is 10.7. The molecule has 1 unspecified atom stereocenters. The zero-order valence-electron chi connectivity index (χ0n) is 16.4. The molecule has 1 aliphatic heterocycles. The fourth-order valence-electron chi connectivity index (χ4n) is 3.46. The van der Waals surface area contributed by atoms with Crippen LogP contribution in [0.15, 0.2) is 41.8 Å². The Bertz CT molecular complexity index is 1060. The van der Waals surface area contributed by atoms with Crippen molar-refractivity contribution in [2.75, 3.05) is 10.7 Å². The van der Waals surface area contributed by atoms with Gasteiger partial charge in [0.25, 0.3) is 0 Å². The van der Waals surface area contributed by atoms with E-state index in [-0.39, 0.29) is 22.9 Å². The zero-order valence-corrected chi connectivity index (χ0v) is 18.0. The zero-order chi connectivity index (χ0) is 20.7. The highest BCUT2D eigenvalue weighted by Gasteiger charge is 2.36. The summed E-state index contributed by atoms with van der Waals surface area (Å²) in [6.07, 6.45) is 0. The van der Waals surface area contributed by atoms with E-state index >= 15 is 0 Å². The third-order valence-electron chi connectivity index (χ3n) is 5.02. The molecule has 0 aliphatic carbocycles. The fourth-order valence-corrected chi connectivity index (χ4v) is 5.55. The van der Waals surface area contributed by atoms with Crippen molar-refractivity contribution in [1.29, 1.82) is 0 Å². The van der Waals surface area contributed by atoms with Gasteiger partial charge in [-0.2, -0.15) is 0 Å². The van der Waals surface area contributed by atoms with Gasteiger partial charge in [-0.25, -0.2) is 4.98 Å². The van der Waals surface area contributed by atoms with Crippen molar-refractivity contribution < 1.29 is 15.0 Å². The first kappa shape index (κ1) is 19.8. The molecule has 5 nitrogen and oxygen atoms in total. The van der Waals surface area contributed by atoms with Gasteiger partial charge in [0.15, 0.2) is 5.13 Å². The molecule has 2 aromatic carbocycles. The molecule has 2 heterocycles. The third kappa shape index (κ3) is 3.72. The second-order valence-corrected chi connectivity index (χ2v) is 9.32. The van der Waals surface area contributed by atoms with Gasteiger partial charge in [0, 0.05) is 10.9 Å². The van der Waals surface area contributed by atoms with Gasteiger partial charge in [0.2, 0.25) is 5.91 Å². The van der Waals surface area contributed by atoms with Crippen LogP contribution in [-0.4, -0.2) is 26.9 Å². The van der Waals surface area contributed by atoms with E-state index in [0.29, 0.717) is 16.6 Å². The van der Waals surface area contributed by atoms with Crippen molar-refractivity contribution >= 4 is 34.1 Å². The number of anilines is 1. The molecule has 0 saturated carbocycles. The predicted molar refractivity (Wildman–Crippen MR) is 119 cm³/mol. The van der Waals surface area contributed by atoms with Crippen LogP contribution in [0, 0.1) is 6.92 Å². The minimum atomic E-state index is -0.158. The van der Waals surface area contributed by atoms with E-state index in [1.54, 1.807) is 34.9 Å². The number of carbonyl (C=O) groups excluding carboxylic acids is 1. The van der Waals surface area contributed by atoms with E-state index in [1.807, 2.05) is 44.4 Å². The number of aryl methyl sites for hydroxylation is 1. The molecular weight excluding hydrogens is 404 g/mol. The predicted octanol–water partition coefficient (Wildman–Crippen LogP) is 5.43. The van der Waals surface area contributed by atoms with Crippen LogP contribution < -0.4 is 4.90 Å². The van der Waals surface area contributed by atoms with Crippen molar-refractivity contribution in [3.8, 4) is 22.8 Å². The number of aromatic hydroxyl groups is 2. The van der Waals surface area contributed by atoms with Crippen LogP contribution in [0.3, 0.4) is 0 Å². The molecule has 1 fully saturated rings. The summed E-state index contributed by atoms with van der Waals surface area (Å²) in [7, 11) is 0. The molecule has 1 aliphatic rings. The summed E-state index contributed by atoms with van der Waals surface area (Å²) < 4.78 is 0. The Labute approximate surface area is 178 Å². The maximum Gasteiger partial charge on any atom is 0.240 e. The highest BCUT2D eigenvalue weighted by molar-refractivity contribution is 8.00. The van der Waals surface area contributed by atoms with E-state index in [2.05, 4.69) is 0 Å². The molecule has 0 bridgehead atoms. The molecule has 1 atom stereocenters. The average Bonchev–Trinajstić information content (AvgIpc) is 3.28. The van der Waals surface area contributed by atoms with Crippen LogP contribution in [0.2, 0.25) is 0 Å². The molecule has 1 aromatic heterocycles. The van der Waals surface area contributed by atoms with Crippen molar-refractivity contribution in [2.24, 2.45) is 0 Å². The Morgan fingerprint density at radius 3 is 2.59 bits per heavy atom. The van der Waals surface area contributed by atoms with Crippen LogP contribution in [0.25, 0.3) is 11.3 Å². The van der Waals surface area contributed by atoms with Gasteiger partial charge in [-0.15, -0.1) is 23.1 Å². The Hall–Kier alpha value is -2.51. The number of rotatable bonds is 4. The number of amides is 1. The monoisotopic (exact) mass is 426 g/mol. The lowest BCUT2D eigenvalue weighted by Crippen LogP contribution is -2.27. The second kappa shape index (κ2) is 7.72. The van der Waals surface area contributed by atoms with E-state index < -0.39 is 0 Å². The lowest BCUT2D eigenvalue weighted by molar-refractivity contribution is -0.115. The second-order valence-electron chi connectivity index (χ2n) is 7.41. The van der Waals surface area contributed by atoms with Gasteiger partial charge in [0.05, 0.1) is 11.4 Å². The Kier molecular flexibility index (Phi) is 5.27. The quantitative estimate of drug-likeness (QED) is 0.582. The summed E-state index contributed by atoms with van der Waals surface area (Å²) in [5.41, 5.74) is 4.56. The molecule has 7 heteroatoms. The number of thiazole rings is 1. The van der Waals surface area contributed by atoms with Gasteiger partial charge < -0.3 is 10.2 Å². The number of phenolic OH excluding ortho intramolecular Hbond substituents is 2. The van der Waals surface area contributed by atoms with Crippen LogP contribution in [-0.2, 0) is 4.79 Å². The topological polar surface area (TPSA) is 73.7 Å². The number of phenols is 2. The van der Waals surface area contributed by atoms with Gasteiger partial charge in [-0.05, 0) is 53.8 Å². The van der Waals surface area contributed by atoms with Crippen molar-refractivity contribution in [3.63, 3.8) is 0 Å². The van der Waals surface area contributed by atoms with Gasteiger partial charge >= 0.3 is 0 Å². The first-order valence-corrected chi connectivity index (χ1v) is 11.3. The largest absolute Gasteiger partial charge is 0.508 e. The molecule has 150 valence electrons. The van der Waals surface area contributed by atoms with E-state index in [0.717, 1.165) is 27.9 Å². The van der Waals surface area contributed by atoms with Crippen LogP contribution in [0.4, 0.5) is 5.13 Å². The van der Waals surface area contributed by atoms with Crippen molar-refractivity contribution in [1.82, 2.24) is 4.98 Å². The number of aromatic nitrogens is 1. The number of carbonyl (C=O) groups is 1. The van der Waals surface area contributed by atoms with Crippen molar-refractivity contribution in [3.05, 3.63) is 58.5 Å². The molecule has 3 aromatic rings. The molecule has 4 rings (SSSR count). The van der Waals surface area contributed by atoms with Gasteiger partial charge in [-0.3, -0.25) is 9.69 Å². The molecule has 2 N–H and O–H groups in total. The van der Waals surface area contributed by atoms with Crippen LogP contribution in [0.1, 0.15) is 41.8 Å². The SMILES string of the molecule is Cc1cc(O)c(C(C)C)cc1-c1csc(N2C(=O)CSC2c2ccc(O)cc2)n1. The average molecular weight is 427 g/mol. The number of benzene rings is 2. The summed E-state index contributed by atoms with van der Waals surface area (Å²) >= 11 is 3.00. The van der Waals surface area contributed by atoms with Gasteiger partial charge in [-0.1, -0.05) is 26.0 Å². The van der Waals surface area contributed by atoms with Gasteiger partial charge in [0.1, 0.15) is 16.9 Å². The summed E-state index contributed by atoms with van der Waals surface area (Å²) in [4.78, 5) is 19.1. The molecule has 1 amide bonds. The first-order chi connectivity index (χ1) is 13.8.